The molecule has 17 heavy (non-hydrogen) atoms. The van der Waals surface area contributed by atoms with Gasteiger partial charge in [-0.25, -0.2) is 5.43 Å². The molecule has 0 aliphatic carbocycles. The molecular weight excluding hydrogens is 264 g/mol. The number of carbonyl (C=O) groups excluding carboxylic acids is 1. The summed E-state index contributed by atoms with van der Waals surface area (Å²) in [5, 5.41) is 21.5. The van der Waals surface area contributed by atoms with E-state index in [1.54, 1.807) is 12.1 Å². The molecule has 1 atom stereocenters. The Morgan fingerprint density at radius 2 is 2.29 bits per heavy atom. The summed E-state index contributed by atoms with van der Waals surface area (Å²) in [7, 11) is 0. The number of thiophene rings is 1. The van der Waals surface area contributed by atoms with Crippen LogP contribution in [-0.4, -0.2) is 27.6 Å². The first-order chi connectivity index (χ1) is 8.11. The summed E-state index contributed by atoms with van der Waals surface area (Å²) in [5.74, 6) is -0.419. The summed E-state index contributed by atoms with van der Waals surface area (Å²) in [5.41, 5.74) is 3.45. The van der Waals surface area contributed by atoms with Gasteiger partial charge in [0.15, 0.2) is 5.54 Å². The second kappa shape index (κ2) is 4.72. The molecule has 0 saturated heterocycles. The largest absolute Gasteiger partial charge is 0.315 e. The van der Waals surface area contributed by atoms with Crippen LogP contribution in [0.3, 0.4) is 0 Å². The van der Waals surface area contributed by atoms with Crippen LogP contribution in [0.15, 0.2) is 21.4 Å². The number of nitrogens with one attached hydrogen (secondary N) is 3. The first kappa shape index (κ1) is 12.5. The molecule has 2 rings (SSSR count). The zero-order valence-corrected chi connectivity index (χ0v) is 10.4. The lowest BCUT2D eigenvalue weighted by Crippen LogP contribution is -2.53. The maximum Gasteiger partial charge on any atom is 0.268 e. The SMILES string of the molecule is CC1(NO)C(=O)NN=C1c1ccc(SNO)s1. The molecule has 1 amide bonds. The number of hydrogen-bond donors (Lipinski definition) is 5. The quantitative estimate of drug-likeness (QED) is 0.399. The van der Waals surface area contributed by atoms with Crippen molar-refractivity contribution in [2.24, 2.45) is 5.10 Å². The highest BCUT2D eigenvalue weighted by Gasteiger charge is 2.44. The highest BCUT2D eigenvalue weighted by molar-refractivity contribution is 7.99. The third kappa shape index (κ3) is 2.08. The van der Waals surface area contributed by atoms with Crippen LogP contribution in [0.5, 0.6) is 0 Å². The van der Waals surface area contributed by atoms with Gasteiger partial charge in [-0.1, -0.05) is 0 Å². The van der Waals surface area contributed by atoms with Crippen LogP contribution in [0.4, 0.5) is 0 Å². The maximum absolute atomic E-state index is 11.5. The van der Waals surface area contributed by atoms with Gasteiger partial charge in [0.2, 0.25) is 0 Å². The first-order valence-electron chi connectivity index (χ1n) is 4.58. The van der Waals surface area contributed by atoms with Gasteiger partial charge in [-0.05, 0) is 31.0 Å². The zero-order valence-electron chi connectivity index (χ0n) is 8.72. The predicted molar refractivity (Wildman–Crippen MR) is 63.1 cm³/mol. The molecule has 9 heteroatoms. The molecule has 0 bridgehead atoms. The Bertz CT molecular complexity index is 475. The summed E-state index contributed by atoms with van der Waals surface area (Å²) in [6.07, 6.45) is 0. The summed E-state index contributed by atoms with van der Waals surface area (Å²) in [4.78, 5) is 14.2. The van der Waals surface area contributed by atoms with Crippen molar-refractivity contribution >= 4 is 34.9 Å². The summed E-state index contributed by atoms with van der Waals surface area (Å²) in [6, 6.07) is 3.54. The van der Waals surface area contributed by atoms with Gasteiger partial charge >= 0.3 is 0 Å². The molecule has 1 aromatic rings. The highest BCUT2D eigenvalue weighted by atomic mass is 32.2. The van der Waals surface area contributed by atoms with Crippen molar-refractivity contribution in [1.82, 2.24) is 15.8 Å². The molecule has 0 fully saturated rings. The van der Waals surface area contributed by atoms with Crippen molar-refractivity contribution in [2.75, 3.05) is 0 Å². The minimum atomic E-state index is -1.25. The van der Waals surface area contributed by atoms with Gasteiger partial charge < -0.3 is 10.4 Å². The Labute approximate surface area is 105 Å². The fraction of sp³-hybridized carbons (Fsp3) is 0.250. The molecule has 5 N–H and O–H groups in total. The van der Waals surface area contributed by atoms with Crippen LogP contribution in [0, 0.1) is 0 Å². The Morgan fingerprint density at radius 1 is 1.53 bits per heavy atom. The normalized spacial score (nSPS) is 23.7. The van der Waals surface area contributed by atoms with E-state index in [1.807, 2.05) is 10.4 Å². The van der Waals surface area contributed by atoms with E-state index in [-0.39, 0.29) is 0 Å². The van der Waals surface area contributed by atoms with Crippen LogP contribution in [0.1, 0.15) is 11.8 Å². The van der Waals surface area contributed by atoms with E-state index in [9.17, 15) is 4.79 Å². The third-order valence-electron chi connectivity index (χ3n) is 2.38. The minimum Gasteiger partial charge on any atom is -0.315 e. The molecule has 0 aromatic carbocycles. The molecule has 2 heterocycles. The van der Waals surface area contributed by atoms with E-state index in [4.69, 9.17) is 10.4 Å². The van der Waals surface area contributed by atoms with Crippen LogP contribution < -0.4 is 15.8 Å². The Balaban J connectivity index is 2.30. The van der Waals surface area contributed by atoms with Crippen LogP contribution in [0.2, 0.25) is 0 Å². The highest BCUT2D eigenvalue weighted by Crippen LogP contribution is 2.29. The van der Waals surface area contributed by atoms with E-state index in [0.717, 1.165) is 21.0 Å². The fourth-order valence-electron chi connectivity index (χ4n) is 1.39. The number of hydrazone groups is 1. The molecule has 1 aliphatic rings. The van der Waals surface area contributed by atoms with E-state index < -0.39 is 11.4 Å². The van der Waals surface area contributed by atoms with Crippen molar-refractivity contribution in [1.29, 1.82) is 0 Å². The summed E-state index contributed by atoms with van der Waals surface area (Å²) < 4.78 is 0.810. The molecule has 0 saturated carbocycles. The smallest absolute Gasteiger partial charge is 0.268 e. The van der Waals surface area contributed by atoms with Crippen molar-refractivity contribution in [3.63, 3.8) is 0 Å². The van der Waals surface area contributed by atoms with Crippen molar-refractivity contribution in [2.45, 2.75) is 16.7 Å². The minimum absolute atomic E-state index is 0.416. The number of amides is 1. The van der Waals surface area contributed by atoms with Crippen molar-refractivity contribution in [3.05, 3.63) is 17.0 Å². The molecule has 1 aromatic heterocycles. The van der Waals surface area contributed by atoms with Gasteiger partial charge in [-0.2, -0.15) is 10.6 Å². The number of rotatable bonds is 4. The summed E-state index contributed by atoms with van der Waals surface area (Å²) in [6.45, 7) is 1.53. The average molecular weight is 274 g/mol. The predicted octanol–water partition coefficient (Wildman–Crippen LogP) is 0.305. The van der Waals surface area contributed by atoms with E-state index in [0.29, 0.717) is 5.71 Å². The van der Waals surface area contributed by atoms with E-state index in [2.05, 4.69) is 10.5 Å². The molecule has 1 aliphatic heterocycles. The van der Waals surface area contributed by atoms with Crippen molar-refractivity contribution in [3.8, 4) is 0 Å². The lowest BCUT2D eigenvalue weighted by molar-refractivity contribution is -0.126. The Kier molecular flexibility index (Phi) is 3.47. The van der Waals surface area contributed by atoms with Crippen molar-refractivity contribution < 1.29 is 15.2 Å². The maximum atomic E-state index is 11.5. The molecule has 1 unspecified atom stereocenters. The first-order valence-corrected chi connectivity index (χ1v) is 6.21. The second-order valence-electron chi connectivity index (χ2n) is 3.45. The fourth-order valence-corrected chi connectivity index (χ4v) is 3.00. The monoisotopic (exact) mass is 274 g/mol. The van der Waals surface area contributed by atoms with Gasteiger partial charge in [0.05, 0.1) is 9.09 Å². The zero-order chi connectivity index (χ0) is 12.5. The summed E-state index contributed by atoms with van der Waals surface area (Å²) >= 11 is 2.39. The number of carbonyl (C=O) groups is 1. The van der Waals surface area contributed by atoms with E-state index in [1.165, 1.54) is 18.3 Å². The Morgan fingerprint density at radius 3 is 2.94 bits per heavy atom. The molecule has 92 valence electrons. The molecule has 0 spiro atoms. The van der Waals surface area contributed by atoms with Gasteiger partial charge in [-0.3, -0.25) is 4.79 Å². The van der Waals surface area contributed by atoms with E-state index >= 15 is 0 Å². The molecule has 7 nitrogen and oxygen atoms in total. The Hall–Kier alpha value is -0.970. The average Bonchev–Trinajstić information content (AvgIpc) is 2.87. The standard InChI is InChI=1S/C8H10N4O3S2/c1-8(11-14)6(9-10-7(8)13)4-2-3-5(16-4)17-12-15/h2-3,11-12,14-15H,1H3,(H,10,13). The van der Waals surface area contributed by atoms with Crippen LogP contribution in [0.25, 0.3) is 0 Å². The van der Waals surface area contributed by atoms with Gasteiger partial charge in [0, 0.05) is 0 Å². The lowest BCUT2D eigenvalue weighted by atomic mass is 9.96. The number of hydroxylamine groups is 1. The van der Waals surface area contributed by atoms with Crippen LogP contribution >= 0.6 is 23.3 Å². The third-order valence-corrected chi connectivity index (χ3v) is 4.20. The van der Waals surface area contributed by atoms with Gasteiger partial charge in [0.25, 0.3) is 5.91 Å². The molecule has 0 radical (unpaired) electrons. The van der Waals surface area contributed by atoms with Gasteiger partial charge in [0.1, 0.15) is 5.71 Å². The lowest BCUT2D eigenvalue weighted by Gasteiger charge is -2.19. The second-order valence-corrected chi connectivity index (χ2v) is 5.62. The van der Waals surface area contributed by atoms with Crippen LogP contribution in [-0.2, 0) is 4.79 Å². The number of nitrogens with zero attached hydrogens (tertiary/aromatic N) is 1. The van der Waals surface area contributed by atoms with Gasteiger partial charge in [-0.15, -0.1) is 16.2 Å². The number of hydrogen-bond acceptors (Lipinski definition) is 8. The molecular formula is C8H10N4O3S2. The topological polar surface area (TPSA) is 106 Å².